The highest BCUT2D eigenvalue weighted by atomic mass is 32.1. The Morgan fingerprint density at radius 1 is 0.667 bits per heavy atom. The van der Waals surface area contributed by atoms with Crippen molar-refractivity contribution in [2.75, 3.05) is 0 Å². The molecule has 2 unspecified atom stereocenters. The third kappa shape index (κ3) is 5.61. The first-order chi connectivity index (χ1) is 26.3. The van der Waals surface area contributed by atoms with Gasteiger partial charge in [-0.25, -0.2) is 9.98 Å². The molecule has 2 heterocycles. The number of hydrogen-bond acceptors (Lipinski definition) is 11. The van der Waals surface area contributed by atoms with Gasteiger partial charge in [0.15, 0.2) is 17.3 Å². The molecule has 5 aromatic rings. The second-order valence-corrected chi connectivity index (χ2v) is 16.0. The van der Waals surface area contributed by atoms with E-state index in [1.54, 1.807) is 18.2 Å². The number of ether oxygens (including phenoxy) is 2. The van der Waals surface area contributed by atoms with Crippen LogP contribution in [0, 0.1) is 11.8 Å². The highest BCUT2D eigenvalue weighted by Crippen LogP contribution is 2.60. The molecule has 0 spiro atoms. The molecule has 2 saturated carbocycles. The monoisotopic (exact) mass is 752 g/mol. The number of thiophene rings is 2. The Bertz CT molecular complexity index is 2360. The van der Waals surface area contributed by atoms with E-state index in [0.29, 0.717) is 61.4 Å². The first-order valence-electron chi connectivity index (χ1n) is 17.9. The number of esters is 2. The molecule has 0 amide bonds. The van der Waals surface area contributed by atoms with Crippen LogP contribution in [-0.2, 0) is 53.7 Å². The maximum absolute atomic E-state index is 14.8. The summed E-state index contributed by atoms with van der Waals surface area (Å²) in [6, 6.07) is 29.0. The molecule has 0 radical (unpaired) electrons. The van der Waals surface area contributed by atoms with Crippen molar-refractivity contribution in [1.29, 1.82) is 0 Å². The van der Waals surface area contributed by atoms with E-state index < -0.39 is 17.4 Å². The van der Waals surface area contributed by atoms with E-state index in [1.165, 1.54) is 22.7 Å². The number of carbonyl (C=O) groups is 5. The molecule has 3 aromatic carbocycles. The Morgan fingerprint density at radius 3 is 1.70 bits per heavy atom. The van der Waals surface area contributed by atoms with Crippen molar-refractivity contribution >= 4 is 73.4 Å². The maximum atomic E-state index is 14.8. The summed E-state index contributed by atoms with van der Waals surface area (Å²) < 4.78 is 12.0. The molecule has 2 atom stereocenters. The van der Waals surface area contributed by atoms with Crippen molar-refractivity contribution < 1.29 is 33.4 Å². The number of carbonyl (C=O) groups excluding carboxylic acids is 5. The van der Waals surface area contributed by atoms with Crippen LogP contribution < -0.4 is 0 Å². The van der Waals surface area contributed by atoms with Crippen LogP contribution in [-0.4, -0.2) is 40.7 Å². The minimum absolute atomic E-state index is 0.0754. The van der Waals surface area contributed by atoms with Crippen LogP contribution in [0.15, 0.2) is 107 Å². The second-order valence-electron chi connectivity index (χ2n) is 13.9. The molecule has 2 aromatic heterocycles. The highest BCUT2D eigenvalue weighted by molar-refractivity contribution is 7.26. The summed E-state index contributed by atoms with van der Waals surface area (Å²) in [6.07, 6.45) is 3.47. The average molecular weight is 753 g/mol. The van der Waals surface area contributed by atoms with Gasteiger partial charge in [-0.1, -0.05) is 97.8 Å². The van der Waals surface area contributed by atoms with E-state index in [2.05, 4.69) is 4.99 Å². The number of aliphatic imine (C=N–C) groups is 2. The van der Waals surface area contributed by atoms with Crippen molar-refractivity contribution in [2.24, 2.45) is 21.8 Å². The van der Waals surface area contributed by atoms with Crippen LogP contribution in [0.2, 0.25) is 0 Å². The summed E-state index contributed by atoms with van der Waals surface area (Å²) in [6.45, 7) is -0.204. The first kappa shape index (κ1) is 34.1. The van der Waals surface area contributed by atoms with Gasteiger partial charge >= 0.3 is 11.9 Å². The third-order valence-corrected chi connectivity index (χ3v) is 13.0. The van der Waals surface area contributed by atoms with Crippen LogP contribution in [0.25, 0.3) is 9.75 Å². The predicted molar refractivity (Wildman–Crippen MR) is 205 cm³/mol. The number of hydrogen-bond donors (Lipinski definition) is 0. The summed E-state index contributed by atoms with van der Waals surface area (Å²) in [5.74, 6) is -3.06. The normalized spacial score (nSPS) is 20.0. The van der Waals surface area contributed by atoms with Crippen molar-refractivity contribution in [1.82, 2.24) is 0 Å². The van der Waals surface area contributed by atoms with Gasteiger partial charge in [0, 0.05) is 34.9 Å². The van der Waals surface area contributed by atoms with Gasteiger partial charge in [-0.05, 0) is 41.7 Å². The Labute approximate surface area is 318 Å². The van der Waals surface area contributed by atoms with Gasteiger partial charge < -0.3 is 9.47 Å². The lowest BCUT2D eigenvalue weighted by atomic mass is 9.79. The Kier molecular flexibility index (Phi) is 8.62. The smallest absolute Gasteiger partial charge is 0.333 e. The molecule has 9 rings (SSSR count). The number of rotatable bonds is 8. The zero-order chi connectivity index (χ0) is 37.0. The van der Waals surface area contributed by atoms with Crippen LogP contribution in [0.3, 0.4) is 0 Å². The largest absolute Gasteiger partial charge is 0.459 e. The first-order valence-corrected chi connectivity index (χ1v) is 19.5. The quantitative estimate of drug-likeness (QED) is 0.116. The van der Waals surface area contributed by atoms with Crippen LogP contribution in [0.4, 0.5) is 10.0 Å². The van der Waals surface area contributed by atoms with E-state index in [0.717, 1.165) is 29.5 Å². The fraction of sp³-hybridized carbons (Fsp3) is 0.233. The van der Waals surface area contributed by atoms with Gasteiger partial charge in [-0.2, -0.15) is 0 Å². The Hall–Kier alpha value is -5.65. The van der Waals surface area contributed by atoms with Crippen molar-refractivity contribution in [3.8, 4) is 9.75 Å². The second kappa shape index (κ2) is 13.6. The van der Waals surface area contributed by atoms with E-state index in [1.807, 2.05) is 78.9 Å². The van der Waals surface area contributed by atoms with Gasteiger partial charge in [0.05, 0.1) is 15.5 Å². The summed E-state index contributed by atoms with van der Waals surface area (Å²) in [7, 11) is 0. The molecule has 0 saturated heterocycles. The molecule has 0 N–H and O–H groups in total. The number of Topliss-reactive ketones (excluding diaryl/α,β-unsaturated/α-hetero) is 3. The molecule has 2 fully saturated rings. The highest BCUT2D eigenvalue weighted by Gasteiger charge is 2.60. The zero-order valence-electron chi connectivity index (χ0n) is 28.9. The molecule has 4 aliphatic carbocycles. The minimum Gasteiger partial charge on any atom is -0.459 e. The van der Waals surface area contributed by atoms with Crippen molar-refractivity contribution in [3.63, 3.8) is 0 Å². The van der Waals surface area contributed by atoms with E-state index in [-0.39, 0.29) is 48.1 Å². The minimum atomic E-state index is -2.08. The molecule has 0 bridgehead atoms. The average Bonchev–Trinajstić information content (AvgIpc) is 3.99. The predicted octanol–water partition coefficient (Wildman–Crippen LogP) is 8.11. The zero-order valence-corrected chi connectivity index (χ0v) is 30.5. The summed E-state index contributed by atoms with van der Waals surface area (Å²) >= 11 is 2.43. The summed E-state index contributed by atoms with van der Waals surface area (Å²) in [4.78, 5) is 80.3. The van der Waals surface area contributed by atoms with Gasteiger partial charge in [-0.3, -0.25) is 24.0 Å². The molecule has 268 valence electrons. The Balaban J connectivity index is 1.17. The van der Waals surface area contributed by atoms with Crippen LogP contribution in [0.1, 0.15) is 63.9 Å². The molecular formula is C43H32N2O7S2. The van der Waals surface area contributed by atoms with Crippen molar-refractivity contribution in [3.05, 3.63) is 130 Å². The topological polar surface area (TPSA) is 129 Å². The summed E-state index contributed by atoms with van der Waals surface area (Å²) in [5.41, 5.74) is 1.79. The molecule has 4 aliphatic rings. The number of ketones is 3. The van der Waals surface area contributed by atoms with Gasteiger partial charge in [0.1, 0.15) is 23.2 Å². The Morgan fingerprint density at radius 2 is 1.17 bits per heavy atom. The van der Waals surface area contributed by atoms with E-state index in [9.17, 15) is 24.0 Å². The van der Waals surface area contributed by atoms with Crippen molar-refractivity contribution in [2.45, 2.75) is 50.7 Å². The van der Waals surface area contributed by atoms with Gasteiger partial charge in [0.2, 0.25) is 11.2 Å². The standard InChI is InChI=1S/C43H32N2O7S2/c46-36-27-16-8-7-15-26(27)19-32(36)44-33-20-30-39(53-33)40-31(21-34(54-40)45-35-37(47)28-17-9-10-18-29(28)38(35)48)43(30,41(49)51-22-24-11-3-1-4-12-24)42(50)52-23-25-13-5-2-6-14-25/h1-8,11-16,20-21,28-29H,9-10,17-19,22-23H2. The molecule has 0 aliphatic heterocycles. The lowest BCUT2D eigenvalue weighted by Crippen LogP contribution is -2.45. The fourth-order valence-corrected chi connectivity index (χ4v) is 10.4. The molecule has 9 nitrogen and oxygen atoms in total. The third-order valence-electron chi connectivity index (χ3n) is 10.7. The van der Waals surface area contributed by atoms with Crippen LogP contribution >= 0.6 is 22.7 Å². The van der Waals surface area contributed by atoms with Crippen LogP contribution in [0.5, 0.6) is 0 Å². The van der Waals surface area contributed by atoms with E-state index >= 15 is 0 Å². The molecule has 11 heteroatoms. The molecular weight excluding hydrogens is 721 g/mol. The maximum Gasteiger partial charge on any atom is 0.333 e. The van der Waals surface area contributed by atoms with Gasteiger partial charge in [0.25, 0.3) is 0 Å². The SMILES string of the molecule is O=C1C(=Nc2cc3c(s2)-c2sc(N=C4C(=O)C5CCCCC5C4=O)cc2C3(C(=O)OCc2ccccc2)C(=O)OCc2ccccc2)Cc2ccccc21. The molecule has 54 heavy (non-hydrogen) atoms. The lowest BCUT2D eigenvalue weighted by Gasteiger charge is -2.26. The summed E-state index contributed by atoms with van der Waals surface area (Å²) in [5, 5.41) is 0.754. The number of benzene rings is 3. The van der Waals surface area contributed by atoms with E-state index in [4.69, 9.17) is 14.5 Å². The fourth-order valence-electron chi connectivity index (χ4n) is 8.08. The number of nitrogens with zero attached hydrogens (tertiary/aromatic N) is 2. The lowest BCUT2D eigenvalue weighted by molar-refractivity contribution is -0.164. The van der Waals surface area contributed by atoms with Gasteiger partial charge in [-0.15, -0.1) is 22.7 Å². The number of fused-ring (bicyclic) bond motifs is 5.